The molecule has 0 spiro atoms. The largest absolute Gasteiger partial charge is 0.487 e. The van der Waals surface area contributed by atoms with Crippen molar-refractivity contribution >= 4 is 33.2 Å². The van der Waals surface area contributed by atoms with E-state index in [1.807, 2.05) is 0 Å². The summed E-state index contributed by atoms with van der Waals surface area (Å²) in [6, 6.07) is 7.44. The summed E-state index contributed by atoms with van der Waals surface area (Å²) in [5.74, 6) is 0.434. The molecular formula is C16H16Cl2N2O4S. The molecule has 2 aromatic rings. The van der Waals surface area contributed by atoms with Crippen LogP contribution in [0, 0.1) is 6.92 Å². The molecule has 1 fully saturated rings. The van der Waals surface area contributed by atoms with E-state index in [0.717, 1.165) is 5.69 Å². The van der Waals surface area contributed by atoms with Crippen molar-refractivity contribution < 1.29 is 13.2 Å². The number of hydrogen-bond acceptors (Lipinski definition) is 4. The number of sulfonamides is 1. The van der Waals surface area contributed by atoms with Gasteiger partial charge in [-0.2, -0.15) is 4.31 Å². The van der Waals surface area contributed by atoms with Gasteiger partial charge >= 0.3 is 0 Å². The van der Waals surface area contributed by atoms with Crippen molar-refractivity contribution in [2.45, 2.75) is 17.9 Å². The third kappa shape index (κ3) is 3.55. The van der Waals surface area contributed by atoms with E-state index in [9.17, 15) is 13.2 Å². The van der Waals surface area contributed by atoms with E-state index >= 15 is 0 Å². The maximum absolute atomic E-state index is 12.6. The van der Waals surface area contributed by atoms with Gasteiger partial charge in [0.1, 0.15) is 16.7 Å². The number of aryl methyl sites for hydroxylation is 1. The Hall–Kier alpha value is -1.54. The molecule has 0 aliphatic carbocycles. The van der Waals surface area contributed by atoms with Gasteiger partial charge in [-0.3, -0.25) is 4.79 Å². The molecule has 0 N–H and O–H groups in total. The Labute approximate surface area is 155 Å². The van der Waals surface area contributed by atoms with Crippen LogP contribution in [0.3, 0.4) is 0 Å². The first kappa shape index (κ1) is 18.3. The highest BCUT2D eigenvalue weighted by atomic mass is 35.5. The lowest BCUT2D eigenvalue weighted by atomic mass is 10.2. The Morgan fingerprint density at radius 2 is 1.84 bits per heavy atom. The minimum absolute atomic E-state index is 0.0236. The van der Waals surface area contributed by atoms with Crippen LogP contribution in [-0.2, 0) is 17.1 Å². The lowest BCUT2D eigenvalue weighted by Crippen LogP contribution is -2.56. The SMILES string of the molecule is Cc1cc(OC2CN(S(=O)(=O)c3cc(Cl)ccc3Cl)C2)cc(=O)n1C. The van der Waals surface area contributed by atoms with Crippen LogP contribution in [0.1, 0.15) is 5.69 Å². The van der Waals surface area contributed by atoms with Gasteiger partial charge in [-0.05, 0) is 31.2 Å². The third-order valence-corrected chi connectivity index (χ3v) is 6.65. The molecule has 134 valence electrons. The molecule has 2 heterocycles. The van der Waals surface area contributed by atoms with Crippen LogP contribution in [0.25, 0.3) is 0 Å². The van der Waals surface area contributed by atoms with Crippen molar-refractivity contribution in [3.8, 4) is 5.75 Å². The highest BCUT2D eigenvalue weighted by molar-refractivity contribution is 7.89. The van der Waals surface area contributed by atoms with Crippen molar-refractivity contribution in [3.05, 3.63) is 56.4 Å². The van der Waals surface area contributed by atoms with Crippen LogP contribution < -0.4 is 10.3 Å². The number of ether oxygens (including phenoxy) is 1. The summed E-state index contributed by atoms with van der Waals surface area (Å²) < 4.78 is 33.7. The van der Waals surface area contributed by atoms with Crippen molar-refractivity contribution in [3.63, 3.8) is 0 Å². The van der Waals surface area contributed by atoms with E-state index in [-0.39, 0.29) is 34.7 Å². The van der Waals surface area contributed by atoms with Gasteiger partial charge in [-0.1, -0.05) is 23.2 Å². The zero-order valence-electron chi connectivity index (χ0n) is 13.6. The highest BCUT2D eigenvalue weighted by Crippen LogP contribution is 2.30. The molecule has 0 unspecified atom stereocenters. The Bertz CT molecular complexity index is 982. The normalized spacial score (nSPS) is 15.8. The third-order valence-electron chi connectivity index (χ3n) is 4.10. The van der Waals surface area contributed by atoms with Crippen molar-refractivity contribution in [1.29, 1.82) is 0 Å². The quantitative estimate of drug-likeness (QED) is 0.787. The maximum Gasteiger partial charge on any atom is 0.254 e. The van der Waals surface area contributed by atoms with Gasteiger partial charge in [-0.25, -0.2) is 8.42 Å². The number of hydrogen-bond donors (Lipinski definition) is 0. The van der Waals surface area contributed by atoms with Gasteiger partial charge in [0, 0.05) is 23.8 Å². The molecule has 6 nitrogen and oxygen atoms in total. The summed E-state index contributed by atoms with van der Waals surface area (Å²) in [6.45, 7) is 2.16. The van der Waals surface area contributed by atoms with E-state index in [4.69, 9.17) is 27.9 Å². The van der Waals surface area contributed by atoms with Gasteiger partial charge in [0.05, 0.1) is 18.1 Å². The first-order valence-electron chi connectivity index (χ1n) is 7.48. The Morgan fingerprint density at radius 1 is 1.16 bits per heavy atom. The fourth-order valence-electron chi connectivity index (χ4n) is 2.48. The second-order valence-electron chi connectivity index (χ2n) is 5.87. The Morgan fingerprint density at radius 3 is 2.48 bits per heavy atom. The summed E-state index contributed by atoms with van der Waals surface area (Å²) in [4.78, 5) is 11.8. The summed E-state index contributed by atoms with van der Waals surface area (Å²) in [5, 5.41) is 0.419. The summed E-state index contributed by atoms with van der Waals surface area (Å²) in [5.41, 5.74) is 0.585. The lowest BCUT2D eigenvalue weighted by Gasteiger charge is -2.38. The van der Waals surface area contributed by atoms with Crippen molar-refractivity contribution in [2.75, 3.05) is 13.1 Å². The van der Waals surface area contributed by atoms with Gasteiger partial charge in [0.25, 0.3) is 5.56 Å². The van der Waals surface area contributed by atoms with Gasteiger partial charge in [-0.15, -0.1) is 0 Å². The predicted molar refractivity (Wildman–Crippen MR) is 96.1 cm³/mol. The monoisotopic (exact) mass is 402 g/mol. The fraction of sp³-hybridized carbons (Fsp3) is 0.312. The van der Waals surface area contributed by atoms with Crippen molar-refractivity contribution in [1.82, 2.24) is 8.87 Å². The molecule has 25 heavy (non-hydrogen) atoms. The minimum Gasteiger partial charge on any atom is -0.487 e. The van der Waals surface area contributed by atoms with Crippen molar-refractivity contribution in [2.24, 2.45) is 7.05 Å². The molecule has 1 aromatic heterocycles. The summed E-state index contributed by atoms with van der Waals surface area (Å²) in [7, 11) is -2.06. The van der Waals surface area contributed by atoms with Gasteiger partial charge < -0.3 is 9.30 Å². The molecule has 0 bridgehead atoms. The second kappa shape index (κ2) is 6.64. The molecule has 1 aliphatic heterocycles. The molecule has 1 saturated heterocycles. The minimum atomic E-state index is -3.73. The van der Waals surface area contributed by atoms with Crippen LogP contribution in [0.2, 0.25) is 10.0 Å². The second-order valence-corrected chi connectivity index (χ2v) is 8.62. The molecule has 0 amide bonds. The molecular weight excluding hydrogens is 387 g/mol. The molecule has 1 aliphatic rings. The average Bonchev–Trinajstić information content (AvgIpc) is 2.50. The van der Waals surface area contributed by atoms with Crippen LogP contribution in [0.4, 0.5) is 0 Å². The molecule has 9 heteroatoms. The van der Waals surface area contributed by atoms with E-state index < -0.39 is 10.0 Å². The summed E-state index contributed by atoms with van der Waals surface area (Å²) in [6.07, 6.45) is -0.320. The fourth-order valence-corrected chi connectivity index (χ4v) is 4.72. The number of rotatable bonds is 4. The number of aromatic nitrogens is 1. The highest BCUT2D eigenvalue weighted by Gasteiger charge is 2.39. The van der Waals surface area contributed by atoms with E-state index in [2.05, 4.69) is 0 Å². The number of nitrogens with zero attached hydrogens (tertiary/aromatic N) is 2. The smallest absolute Gasteiger partial charge is 0.254 e. The predicted octanol–water partition coefficient (Wildman–Crippen LogP) is 2.45. The number of halogens is 2. The topological polar surface area (TPSA) is 68.6 Å². The first-order chi connectivity index (χ1) is 11.7. The maximum atomic E-state index is 12.6. The van der Waals surface area contributed by atoms with Crippen LogP contribution in [0.15, 0.2) is 40.0 Å². The lowest BCUT2D eigenvalue weighted by molar-refractivity contribution is 0.0759. The first-order valence-corrected chi connectivity index (χ1v) is 9.67. The molecule has 1 aromatic carbocycles. The molecule has 0 radical (unpaired) electrons. The Kier molecular flexibility index (Phi) is 4.85. The molecule has 3 rings (SSSR count). The summed E-state index contributed by atoms with van der Waals surface area (Å²) >= 11 is 11.9. The standard InChI is InChI=1S/C16H16Cl2N2O4S/c1-10-5-12(7-16(21)19(10)2)24-13-8-20(9-13)25(22,23)15-6-11(17)3-4-14(15)18/h3-7,13H,8-9H2,1-2H3. The van der Waals surface area contributed by atoms with Crippen LogP contribution in [-0.4, -0.2) is 36.5 Å². The Balaban J connectivity index is 1.72. The van der Waals surface area contributed by atoms with Crippen LogP contribution >= 0.6 is 23.2 Å². The molecule has 0 saturated carbocycles. The van der Waals surface area contributed by atoms with Crippen LogP contribution in [0.5, 0.6) is 5.75 Å². The van der Waals surface area contributed by atoms with E-state index in [0.29, 0.717) is 10.8 Å². The van der Waals surface area contributed by atoms with E-state index in [1.165, 1.54) is 33.1 Å². The average molecular weight is 403 g/mol. The molecule has 0 atom stereocenters. The number of pyridine rings is 1. The zero-order chi connectivity index (χ0) is 18.4. The van der Waals surface area contributed by atoms with Gasteiger partial charge in [0.15, 0.2) is 0 Å². The van der Waals surface area contributed by atoms with E-state index in [1.54, 1.807) is 20.0 Å². The zero-order valence-corrected chi connectivity index (χ0v) is 15.9. The van der Waals surface area contributed by atoms with Gasteiger partial charge in [0.2, 0.25) is 10.0 Å². The number of benzene rings is 1.